The van der Waals surface area contributed by atoms with E-state index in [1.54, 1.807) is 6.92 Å². The zero-order valence-corrected chi connectivity index (χ0v) is 15.2. The van der Waals surface area contributed by atoms with Gasteiger partial charge < -0.3 is 4.52 Å². The standard InChI is InChI=1S/C18H18FN3O3S/c1-12-3-5-14(6-4-12)18-21-17(25-22-18)9-10-20-26(23,24)16-8-7-15(19)11-13(16)2/h3-8,11,20H,9-10H2,1-2H3. The molecular formula is C18H18FN3O3S. The summed E-state index contributed by atoms with van der Waals surface area (Å²) in [7, 11) is -3.73. The molecule has 0 aliphatic rings. The number of benzene rings is 2. The molecule has 0 saturated heterocycles. The maximum atomic E-state index is 13.1. The van der Waals surface area contributed by atoms with Crippen LogP contribution in [0, 0.1) is 19.7 Å². The molecule has 0 saturated carbocycles. The minimum Gasteiger partial charge on any atom is -0.339 e. The van der Waals surface area contributed by atoms with Crippen molar-refractivity contribution in [1.82, 2.24) is 14.9 Å². The molecule has 8 heteroatoms. The van der Waals surface area contributed by atoms with Crippen LogP contribution in [-0.2, 0) is 16.4 Å². The molecule has 136 valence electrons. The molecule has 0 unspecified atom stereocenters. The van der Waals surface area contributed by atoms with E-state index >= 15 is 0 Å². The van der Waals surface area contributed by atoms with Crippen LogP contribution in [-0.4, -0.2) is 25.1 Å². The molecule has 0 spiro atoms. The monoisotopic (exact) mass is 375 g/mol. The van der Waals surface area contributed by atoms with Crippen molar-refractivity contribution in [1.29, 1.82) is 0 Å². The molecule has 0 aliphatic heterocycles. The van der Waals surface area contributed by atoms with Crippen LogP contribution in [0.1, 0.15) is 17.0 Å². The van der Waals surface area contributed by atoms with E-state index in [9.17, 15) is 12.8 Å². The fourth-order valence-electron chi connectivity index (χ4n) is 2.46. The summed E-state index contributed by atoms with van der Waals surface area (Å²) < 4.78 is 45.4. The summed E-state index contributed by atoms with van der Waals surface area (Å²) in [5.41, 5.74) is 2.30. The average Bonchev–Trinajstić information content (AvgIpc) is 3.04. The first-order chi connectivity index (χ1) is 12.3. The molecule has 0 fully saturated rings. The molecule has 0 radical (unpaired) electrons. The topological polar surface area (TPSA) is 85.1 Å². The molecule has 6 nitrogen and oxygen atoms in total. The van der Waals surface area contributed by atoms with Gasteiger partial charge in [-0.15, -0.1) is 0 Å². The highest BCUT2D eigenvalue weighted by atomic mass is 32.2. The van der Waals surface area contributed by atoms with Gasteiger partial charge in [-0.25, -0.2) is 17.5 Å². The summed E-state index contributed by atoms with van der Waals surface area (Å²) in [5, 5.41) is 3.91. The van der Waals surface area contributed by atoms with E-state index in [2.05, 4.69) is 14.9 Å². The molecule has 0 atom stereocenters. The summed E-state index contributed by atoms with van der Waals surface area (Å²) >= 11 is 0. The predicted octanol–water partition coefficient (Wildman–Crippen LogP) is 3.01. The maximum absolute atomic E-state index is 13.1. The number of nitrogens with one attached hydrogen (secondary N) is 1. The fraction of sp³-hybridized carbons (Fsp3) is 0.222. The predicted molar refractivity (Wildman–Crippen MR) is 94.5 cm³/mol. The normalized spacial score (nSPS) is 11.7. The summed E-state index contributed by atoms with van der Waals surface area (Å²) in [5.74, 6) is 0.312. The van der Waals surface area contributed by atoms with Crippen LogP contribution in [0.4, 0.5) is 4.39 Å². The van der Waals surface area contributed by atoms with Crippen LogP contribution in [0.25, 0.3) is 11.4 Å². The quantitative estimate of drug-likeness (QED) is 0.716. The third kappa shape index (κ3) is 4.14. The fourth-order valence-corrected chi connectivity index (χ4v) is 3.72. The Morgan fingerprint density at radius 1 is 1.12 bits per heavy atom. The van der Waals surface area contributed by atoms with Crippen LogP contribution in [0.5, 0.6) is 0 Å². The van der Waals surface area contributed by atoms with Gasteiger partial charge in [0.25, 0.3) is 0 Å². The molecule has 1 heterocycles. The molecule has 3 aromatic rings. The first-order valence-corrected chi connectivity index (χ1v) is 9.49. The van der Waals surface area contributed by atoms with Crippen molar-refractivity contribution in [2.45, 2.75) is 25.2 Å². The number of sulfonamides is 1. The smallest absolute Gasteiger partial charge is 0.240 e. The Hall–Kier alpha value is -2.58. The lowest BCUT2D eigenvalue weighted by atomic mass is 10.1. The highest BCUT2D eigenvalue weighted by molar-refractivity contribution is 7.89. The van der Waals surface area contributed by atoms with Crippen molar-refractivity contribution in [3.8, 4) is 11.4 Å². The van der Waals surface area contributed by atoms with Crippen LogP contribution in [0.2, 0.25) is 0 Å². The van der Waals surface area contributed by atoms with Gasteiger partial charge in [-0.3, -0.25) is 0 Å². The largest absolute Gasteiger partial charge is 0.339 e. The Kier molecular flexibility index (Phi) is 5.15. The number of halogens is 1. The van der Waals surface area contributed by atoms with Gasteiger partial charge in [-0.2, -0.15) is 4.98 Å². The number of hydrogen-bond donors (Lipinski definition) is 1. The molecule has 2 aromatic carbocycles. The van der Waals surface area contributed by atoms with Crippen LogP contribution in [0.3, 0.4) is 0 Å². The van der Waals surface area contributed by atoms with Crippen molar-refractivity contribution in [3.05, 3.63) is 65.3 Å². The van der Waals surface area contributed by atoms with E-state index in [1.165, 1.54) is 12.1 Å². The van der Waals surface area contributed by atoms with Gasteiger partial charge in [0.2, 0.25) is 21.7 Å². The van der Waals surface area contributed by atoms with Gasteiger partial charge >= 0.3 is 0 Å². The summed E-state index contributed by atoms with van der Waals surface area (Å²) in [6.07, 6.45) is 0.248. The van der Waals surface area contributed by atoms with Gasteiger partial charge in [0.15, 0.2) is 0 Å². The molecule has 0 bridgehead atoms. The minimum absolute atomic E-state index is 0.0461. The third-order valence-electron chi connectivity index (χ3n) is 3.84. The van der Waals surface area contributed by atoms with E-state index in [0.29, 0.717) is 17.3 Å². The maximum Gasteiger partial charge on any atom is 0.240 e. The Morgan fingerprint density at radius 2 is 1.85 bits per heavy atom. The van der Waals surface area contributed by atoms with E-state index in [0.717, 1.165) is 17.2 Å². The van der Waals surface area contributed by atoms with Gasteiger partial charge in [-0.05, 0) is 37.6 Å². The van der Waals surface area contributed by atoms with Crippen molar-refractivity contribution >= 4 is 10.0 Å². The summed E-state index contributed by atoms with van der Waals surface area (Å²) in [6, 6.07) is 11.2. The molecular weight excluding hydrogens is 357 g/mol. The zero-order valence-electron chi connectivity index (χ0n) is 14.4. The summed E-state index contributed by atoms with van der Waals surface area (Å²) in [6.45, 7) is 3.62. The van der Waals surface area contributed by atoms with Crippen molar-refractivity contribution in [2.24, 2.45) is 0 Å². The zero-order chi connectivity index (χ0) is 18.7. The second-order valence-corrected chi connectivity index (χ2v) is 7.67. The first-order valence-electron chi connectivity index (χ1n) is 8.00. The van der Waals surface area contributed by atoms with Crippen LogP contribution >= 0.6 is 0 Å². The highest BCUT2D eigenvalue weighted by Gasteiger charge is 2.17. The number of hydrogen-bond acceptors (Lipinski definition) is 5. The van der Waals surface area contributed by atoms with Gasteiger partial charge in [0, 0.05) is 18.5 Å². The van der Waals surface area contributed by atoms with Gasteiger partial charge in [-0.1, -0.05) is 35.0 Å². The average molecular weight is 375 g/mol. The summed E-state index contributed by atoms with van der Waals surface area (Å²) in [4.78, 5) is 4.32. The van der Waals surface area contributed by atoms with E-state index < -0.39 is 15.8 Å². The second-order valence-electron chi connectivity index (χ2n) is 5.94. The molecule has 1 N–H and O–H groups in total. The minimum atomic E-state index is -3.73. The SMILES string of the molecule is Cc1ccc(-c2noc(CCNS(=O)(=O)c3ccc(F)cc3C)n2)cc1. The molecule has 26 heavy (non-hydrogen) atoms. The number of rotatable bonds is 6. The molecule has 0 aliphatic carbocycles. The lowest BCUT2D eigenvalue weighted by Crippen LogP contribution is -2.26. The van der Waals surface area contributed by atoms with E-state index in [-0.39, 0.29) is 17.9 Å². The molecule has 0 amide bonds. The number of aryl methyl sites for hydroxylation is 2. The number of aromatic nitrogens is 2. The highest BCUT2D eigenvalue weighted by Crippen LogP contribution is 2.17. The third-order valence-corrected chi connectivity index (χ3v) is 5.46. The van der Waals surface area contributed by atoms with Gasteiger partial charge in [0.1, 0.15) is 5.82 Å². The Balaban J connectivity index is 1.64. The lowest BCUT2D eigenvalue weighted by Gasteiger charge is -2.08. The van der Waals surface area contributed by atoms with E-state index in [1.807, 2.05) is 31.2 Å². The van der Waals surface area contributed by atoms with Crippen molar-refractivity contribution < 1.29 is 17.3 Å². The Labute approximate surface area is 151 Å². The van der Waals surface area contributed by atoms with E-state index in [4.69, 9.17) is 4.52 Å². The van der Waals surface area contributed by atoms with Crippen LogP contribution in [0.15, 0.2) is 51.9 Å². The van der Waals surface area contributed by atoms with Crippen molar-refractivity contribution in [3.63, 3.8) is 0 Å². The number of nitrogens with zero attached hydrogens (tertiary/aromatic N) is 2. The Bertz CT molecular complexity index is 1010. The van der Waals surface area contributed by atoms with Crippen LogP contribution < -0.4 is 4.72 Å². The van der Waals surface area contributed by atoms with Crippen molar-refractivity contribution in [2.75, 3.05) is 6.54 Å². The second kappa shape index (κ2) is 7.35. The molecule has 3 rings (SSSR count). The Morgan fingerprint density at radius 3 is 2.54 bits per heavy atom. The van der Waals surface area contributed by atoms with Gasteiger partial charge in [0.05, 0.1) is 4.90 Å². The lowest BCUT2D eigenvalue weighted by molar-refractivity contribution is 0.379. The first kappa shape index (κ1) is 18.2. The molecule has 1 aromatic heterocycles.